The van der Waals surface area contributed by atoms with Gasteiger partial charge >= 0.3 is 0 Å². The predicted octanol–water partition coefficient (Wildman–Crippen LogP) is 0.791. The Morgan fingerprint density at radius 2 is 2.44 bits per heavy atom. The molecule has 0 aromatic carbocycles. The number of hydrogen-bond acceptors (Lipinski definition) is 5. The number of anilines is 1. The summed E-state index contributed by atoms with van der Waals surface area (Å²) in [5, 5.41) is 11.9. The van der Waals surface area contributed by atoms with Gasteiger partial charge in [0.1, 0.15) is 5.82 Å². The smallest absolute Gasteiger partial charge is 0.173 e. The number of oxime groups is 1. The van der Waals surface area contributed by atoms with E-state index < -0.39 is 0 Å². The molecule has 0 bridgehead atoms. The lowest BCUT2D eigenvalue weighted by atomic mass is 10.2. The molecule has 0 aliphatic heterocycles. The van der Waals surface area contributed by atoms with Gasteiger partial charge < -0.3 is 20.6 Å². The average Bonchev–Trinajstić information content (AvgIpc) is 3.23. The van der Waals surface area contributed by atoms with E-state index in [1.807, 2.05) is 0 Å². The molecule has 0 spiro atoms. The molecule has 6 heteroatoms. The lowest BCUT2D eigenvalue weighted by Crippen LogP contribution is -2.32. The fourth-order valence-electron chi connectivity index (χ4n) is 1.92. The highest BCUT2D eigenvalue weighted by atomic mass is 16.5. The maximum Gasteiger partial charge on any atom is 0.173 e. The summed E-state index contributed by atoms with van der Waals surface area (Å²) in [5.41, 5.74) is 6.34. The van der Waals surface area contributed by atoms with Crippen LogP contribution in [0.3, 0.4) is 0 Å². The third-order valence-corrected chi connectivity index (χ3v) is 2.97. The Morgan fingerprint density at radius 1 is 1.67 bits per heavy atom. The van der Waals surface area contributed by atoms with Crippen LogP contribution in [0.2, 0.25) is 0 Å². The van der Waals surface area contributed by atoms with Gasteiger partial charge in [0.2, 0.25) is 0 Å². The number of nitrogens with two attached hydrogens (primary N) is 1. The topological polar surface area (TPSA) is 84.0 Å². The maximum absolute atomic E-state index is 8.82. The zero-order chi connectivity index (χ0) is 13.0. The zero-order valence-corrected chi connectivity index (χ0v) is 10.4. The maximum atomic E-state index is 8.82. The minimum Gasteiger partial charge on any atom is -0.409 e. The fraction of sp³-hybridized carbons (Fsp3) is 0.500. The molecule has 1 aliphatic rings. The molecular formula is C12H18N4O2. The Hall–Kier alpha value is -1.82. The van der Waals surface area contributed by atoms with Gasteiger partial charge in [0.05, 0.1) is 12.2 Å². The number of methoxy groups -OCH3 is 1. The molecule has 1 fully saturated rings. The number of nitrogens with zero attached hydrogens (tertiary/aromatic N) is 3. The van der Waals surface area contributed by atoms with Crippen molar-refractivity contribution >= 4 is 11.7 Å². The van der Waals surface area contributed by atoms with Crippen LogP contribution in [0.15, 0.2) is 23.5 Å². The van der Waals surface area contributed by atoms with Gasteiger partial charge in [-0.3, -0.25) is 0 Å². The van der Waals surface area contributed by atoms with Gasteiger partial charge in [0.15, 0.2) is 5.84 Å². The van der Waals surface area contributed by atoms with Crippen LogP contribution in [-0.2, 0) is 4.74 Å². The van der Waals surface area contributed by atoms with E-state index in [0.29, 0.717) is 18.2 Å². The summed E-state index contributed by atoms with van der Waals surface area (Å²) >= 11 is 0. The molecule has 0 radical (unpaired) electrons. The first-order valence-corrected chi connectivity index (χ1v) is 5.96. The largest absolute Gasteiger partial charge is 0.409 e. The fourth-order valence-corrected chi connectivity index (χ4v) is 1.92. The highest BCUT2D eigenvalue weighted by molar-refractivity contribution is 6.01. The quantitative estimate of drug-likeness (QED) is 0.337. The summed E-state index contributed by atoms with van der Waals surface area (Å²) in [7, 11) is 1.67. The van der Waals surface area contributed by atoms with Crippen LogP contribution in [0.25, 0.3) is 0 Å². The Bertz CT molecular complexity index is 432. The molecule has 1 aliphatic carbocycles. The van der Waals surface area contributed by atoms with Crippen molar-refractivity contribution in [2.24, 2.45) is 10.9 Å². The molecule has 0 atom stereocenters. The first-order valence-electron chi connectivity index (χ1n) is 5.96. The number of amidine groups is 1. The van der Waals surface area contributed by atoms with E-state index in [1.54, 1.807) is 25.4 Å². The number of pyridine rings is 1. The summed E-state index contributed by atoms with van der Waals surface area (Å²) in [4.78, 5) is 6.52. The van der Waals surface area contributed by atoms with E-state index >= 15 is 0 Å². The van der Waals surface area contributed by atoms with Crippen molar-refractivity contribution in [3.63, 3.8) is 0 Å². The Labute approximate surface area is 106 Å². The molecule has 1 aromatic rings. The van der Waals surface area contributed by atoms with Crippen LogP contribution in [0.5, 0.6) is 0 Å². The first-order chi connectivity index (χ1) is 8.77. The highest BCUT2D eigenvalue weighted by Crippen LogP contribution is 2.31. The van der Waals surface area contributed by atoms with Crippen LogP contribution in [0.1, 0.15) is 18.4 Å². The molecule has 18 heavy (non-hydrogen) atoms. The number of ether oxygens (including phenoxy) is 1. The zero-order valence-electron chi connectivity index (χ0n) is 10.4. The van der Waals surface area contributed by atoms with Gasteiger partial charge in [-0.25, -0.2) is 4.98 Å². The van der Waals surface area contributed by atoms with Crippen molar-refractivity contribution in [1.29, 1.82) is 0 Å². The highest BCUT2D eigenvalue weighted by Gasteiger charge is 2.31. The van der Waals surface area contributed by atoms with Crippen LogP contribution >= 0.6 is 0 Å². The minimum atomic E-state index is 0.0844. The van der Waals surface area contributed by atoms with Gasteiger partial charge in [-0.05, 0) is 25.0 Å². The number of hydrogen-bond donors (Lipinski definition) is 2. The second kappa shape index (κ2) is 5.68. The molecule has 0 unspecified atom stereocenters. The normalized spacial score (nSPS) is 15.7. The van der Waals surface area contributed by atoms with Crippen molar-refractivity contribution in [1.82, 2.24) is 4.98 Å². The number of aromatic nitrogens is 1. The van der Waals surface area contributed by atoms with Crippen LogP contribution in [-0.4, -0.2) is 42.3 Å². The monoisotopic (exact) mass is 250 g/mol. The Kier molecular flexibility index (Phi) is 3.99. The van der Waals surface area contributed by atoms with Gasteiger partial charge in [0, 0.05) is 25.9 Å². The van der Waals surface area contributed by atoms with Crippen molar-refractivity contribution in [2.75, 3.05) is 25.2 Å². The van der Waals surface area contributed by atoms with E-state index in [0.717, 1.165) is 25.2 Å². The van der Waals surface area contributed by atoms with Crippen LogP contribution in [0.4, 0.5) is 5.82 Å². The second-order valence-electron chi connectivity index (χ2n) is 4.28. The summed E-state index contributed by atoms with van der Waals surface area (Å²) in [5.74, 6) is 0.841. The lowest BCUT2D eigenvalue weighted by molar-refractivity contribution is 0.204. The van der Waals surface area contributed by atoms with Crippen molar-refractivity contribution in [3.8, 4) is 0 Å². The van der Waals surface area contributed by atoms with E-state index in [1.165, 1.54) is 0 Å². The molecule has 6 nitrogen and oxygen atoms in total. The lowest BCUT2D eigenvalue weighted by Gasteiger charge is -2.25. The van der Waals surface area contributed by atoms with Crippen LogP contribution < -0.4 is 10.6 Å². The van der Waals surface area contributed by atoms with E-state index in [2.05, 4.69) is 15.0 Å². The van der Waals surface area contributed by atoms with Crippen LogP contribution in [0, 0.1) is 0 Å². The van der Waals surface area contributed by atoms with Crippen molar-refractivity contribution < 1.29 is 9.94 Å². The van der Waals surface area contributed by atoms with Gasteiger partial charge in [-0.15, -0.1) is 0 Å². The molecule has 0 saturated heterocycles. The first kappa shape index (κ1) is 12.6. The molecule has 2 rings (SSSR count). The molecule has 1 saturated carbocycles. The van der Waals surface area contributed by atoms with Gasteiger partial charge in [0.25, 0.3) is 0 Å². The third-order valence-electron chi connectivity index (χ3n) is 2.97. The standard InChI is InChI=1S/C12H18N4O2/c1-18-8-7-16(9-4-5-9)12-10(11(13)15-17)3-2-6-14-12/h2-3,6,9,17H,4-5,7-8H2,1H3,(H2,13,15). The summed E-state index contributed by atoms with van der Waals surface area (Å²) in [6, 6.07) is 4.07. The molecule has 1 aromatic heterocycles. The predicted molar refractivity (Wildman–Crippen MR) is 69.0 cm³/mol. The van der Waals surface area contributed by atoms with Gasteiger partial charge in [-0.2, -0.15) is 0 Å². The molecule has 98 valence electrons. The van der Waals surface area contributed by atoms with Gasteiger partial charge in [-0.1, -0.05) is 5.16 Å². The minimum absolute atomic E-state index is 0.0844. The van der Waals surface area contributed by atoms with E-state index in [9.17, 15) is 0 Å². The molecule has 3 N–H and O–H groups in total. The summed E-state index contributed by atoms with van der Waals surface area (Å²) in [6.07, 6.45) is 4.01. The SMILES string of the molecule is COCCN(c1ncccc1/C(N)=N/O)C1CC1. The Morgan fingerprint density at radius 3 is 3.06 bits per heavy atom. The second-order valence-corrected chi connectivity index (χ2v) is 4.28. The van der Waals surface area contributed by atoms with E-state index in [-0.39, 0.29) is 5.84 Å². The third kappa shape index (κ3) is 2.70. The van der Waals surface area contributed by atoms with Crippen molar-refractivity contribution in [3.05, 3.63) is 23.9 Å². The molecule has 0 amide bonds. The Balaban J connectivity index is 2.28. The average molecular weight is 250 g/mol. The number of rotatable bonds is 6. The van der Waals surface area contributed by atoms with E-state index in [4.69, 9.17) is 15.7 Å². The summed E-state index contributed by atoms with van der Waals surface area (Å²) in [6.45, 7) is 1.38. The summed E-state index contributed by atoms with van der Waals surface area (Å²) < 4.78 is 5.12. The van der Waals surface area contributed by atoms with Crippen molar-refractivity contribution in [2.45, 2.75) is 18.9 Å². The molecule has 1 heterocycles. The molecular weight excluding hydrogens is 232 g/mol.